The minimum absolute atomic E-state index is 0.0319. The predicted octanol–water partition coefficient (Wildman–Crippen LogP) is 4.20. The molecule has 1 N–H and O–H groups in total. The summed E-state index contributed by atoms with van der Waals surface area (Å²) in [6.45, 7) is 6.13. The first-order valence-electron chi connectivity index (χ1n) is 9.25. The van der Waals surface area contributed by atoms with E-state index in [2.05, 4.69) is 5.32 Å². The van der Waals surface area contributed by atoms with Crippen molar-refractivity contribution in [3.8, 4) is 11.5 Å². The first kappa shape index (κ1) is 21.8. The lowest BCUT2D eigenvalue weighted by Crippen LogP contribution is -2.54. The van der Waals surface area contributed by atoms with E-state index in [1.54, 1.807) is 18.2 Å². The minimum Gasteiger partial charge on any atom is -0.493 e. The average molecular weight is 445 g/mol. The molecular weight excluding hydrogens is 424 g/mol. The zero-order valence-electron chi connectivity index (χ0n) is 17.0. The van der Waals surface area contributed by atoms with Crippen LogP contribution in [0.2, 0.25) is 5.02 Å². The summed E-state index contributed by atoms with van der Waals surface area (Å²) < 4.78 is 10.8. The largest absolute Gasteiger partial charge is 0.493 e. The van der Waals surface area contributed by atoms with Crippen molar-refractivity contribution < 1.29 is 19.1 Å². The maximum absolute atomic E-state index is 13.2. The number of carbonyl (C=O) groups excluding carboxylic acids is 2. The molecule has 3 rings (SSSR count). The Balaban J connectivity index is 2.07. The van der Waals surface area contributed by atoms with Crippen LogP contribution in [-0.4, -0.2) is 30.6 Å². The quantitative estimate of drug-likeness (QED) is 0.425. The molecule has 1 aliphatic rings. The lowest BCUT2D eigenvalue weighted by molar-refractivity contribution is -0.122. The van der Waals surface area contributed by atoms with E-state index in [4.69, 9.17) is 33.3 Å². The molecule has 2 aromatic carbocycles. The van der Waals surface area contributed by atoms with Gasteiger partial charge in [0.2, 0.25) is 0 Å². The molecule has 0 radical (unpaired) electrons. The summed E-state index contributed by atoms with van der Waals surface area (Å²) in [5, 5.41) is 2.93. The first-order chi connectivity index (χ1) is 14.3. The van der Waals surface area contributed by atoms with Gasteiger partial charge in [-0.1, -0.05) is 29.3 Å². The number of anilines is 1. The Bertz CT molecular complexity index is 1080. The van der Waals surface area contributed by atoms with Crippen molar-refractivity contribution in [3.05, 3.63) is 57.6 Å². The number of amides is 2. The molecule has 156 valence electrons. The number of thiocarbonyl (C=S) groups is 1. The zero-order valence-corrected chi connectivity index (χ0v) is 18.6. The van der Waals surface area contributed by atoms with Gasteiger partial charge in [-0.2, -0.15) is 0 Å². The molecule has 0 atom stereocenters. The van der Waals surface area contributed by atoms with E-state index in [1.807, 2.05) is 32.9 Å². The fourth-order valence-electron chi connectivity index (χ4n) is 3.18. The van der Waals surface area contributed by atoms with Crippen LogP contribution in [0.4, 0.5) is 5.69 Å². The maximum atomic E-state index is 13.2. The number of rotatable bonds is 5. The van der Waals surface area contributed by atoms with E-state index >= 15 is 0 Å². The Labute approximate surface area is 185 Å². The number of halogens is 1. The molecule has 8 heteroatoms. The van der Waals surface area contributed by atoms with Crippen LogP contribution < -0.4 is 19.7 Å². The summed E-state index contributed by atoms with van der Waals surface area (Å²) >= 11 is 11.6. The average Bonchev–Trinajstić information content (AvgIpc) is 2.68. The summed E-state index contributed by atoms with van der Waals surface area (Å²) in [4.78, 5) is 27.1. The number of nitrogens with one attached hydrogen (secondary N) is 1. The highest BCUT2D eigenvalue weighted by Gasteiger charge is 2.35. The Morgan fingerprint density at radius 2 is 1.90 bits per heavy atom. The van der Waals surface area contributed by atoms with Gasteiger partial charge in [0.1, 0.15) is 5.57 Å². The minimum atomic E-state index is -0.588. The Morgan fingerprint density at radius 1 is 1.17 bits per heavy atom. The number of nitrogens with zero attached hydrogens (tertiary/aromatic N) is 1. The van der Waals surface area contributed by atoms with E-state index in [-0.39, 0.29) is 10.7 Å². The molecule has 1 heterocycles. The van der Waals surface area contributed by atoms with Gasteiger partial charge < -0.3 is 9.47 Å². The summed E-state index contributed by atoms with van der Waals surface area (Å²) in [5.41, 5.74) is 2.89. The highest BCUT2D eigenvalue weighted by Crippen LogP contribution is 2.35. The van der Waals surface area contributed by atoms with Crippen molar-refractivity contribution in [2.75, 3.05) is 18.6 Å². The number of hydrogen-bond donors (Lipinski definition) is 1. The number of carbonyl (C=O) groups is 2. The molecule has 2 aromatic rings. The van der Waals surface area contributed by atoms with Crippen molar-refractivity contribution >= 4 is 52.5 Å². The van der Waals surface area contributed by atoms with E-state index in [0.717, 1.165) is 11.1 Å². The smallest absolute Gasteiger partial charge is 0.270 e. The standard InChI is InChI=1S/C22H21ClN2O4S/c1-5-29-19-11-16(23)14(10-18(19)28-4)9-15-20(26)24-22(30)25(21(15)27)17-7-6-12(2)8-13(17)3/h6-11H,5H2,1-4H3,(H,24,26,30)/b15-9+. The highest BCUT2D eigenvalue weighted by atomic mass is 35.5. The fourth-order valence-corrected chi connectivity index (χ4v) is 3.66. The SMILES string of the molecule is CCOc1cc(Cl)c(/C=C2\C(=O)NC(=S)N(c3ccc(C)cc3C)C2=O)cc1OC. The normalized spacial score (nSPS) is 15.4. The second kappa shape index (κ2) is 8.85. The second-order valence-electron chi connectivity index (χ2n) is 6.71. The van der Waals surface area contributed by atoms with Crippen LogP contribution in [0.15, 0.2) is 35.9 Å². The Morgan fingerprint density at radius 3 is 2.53 bits per heavy atom. The molecule has 0 aromatic heterocycles. The third-order valence-electron chi connectivity index (χ3n) is 4.58. The van der Waals surface area contributed by atoms with E-state index in [1.165, 1.54) is 18.1 Å². The first-order valence-corrected chi connectivity index (χ1v) is 10.0. The van der Waals surface area contributed by atoms with Gasteiger partial charge in [0.05, 0.1) is 24.4 Å². The molecule has 2 amide bonds. The molecule has 0 bridgehead atoms. The lowest BCUT2D eigenvalue weighted by atomic mass is 10.0. The Hall–Kier alpha value is -2.90. The van der Waals surface area contributed by atoms with Gasteiger partial charge in [-0.25, -0.2) is 0 Å². The molecule has 6 nitrogen and oxygen atoms in total. The van der Waals surface area contributed by atoms with Crippen LogP contribution in [0.5, 0.6) is 11.5 Å². The fraction of sp³-hybridized carbons (Fsp3) is 0.227. The number of benzene rings is 2. The van der Waals surface area contributed by atoms with Gasteiger partial charge in [0.15, 0.2) is 16.6 Å². The van der Waals surface area contributed by atoms with Crippen molar-refractivity contribution in [3.63, 3.8) is 0 Å². The molecule has 0 aliphatic carbocycles. The van der Waals surface area contributed by atoms with Gasteiger partial charge in [-0.3, -0.25) is 19.8 Å². The highest BCUT2D eigenvalue weighted by molar-refractivity contribution is 7.80. The molecule has 30 heavy (non-hydrogen) atoms. The van der Waals surface area contributed by atoms with E-state index < -0.39 is 11.8 Å². The summed E-state index contributed by atoms with van der Waals surface area (Å²) in [5.74, 6) is -0.197. The van der Waals surface area contributed by atoms with Crippen LogP contribution in [0.3, 0.4) is 0 Å². The summed E-state index contributed by atoms with van der Waals surface area (Å²) in [6.07, 6.45) is 1.43. The van der Waals surface area contributed by atoms with Crippen molar-refractivity contribution in [2.45, 2.75) is 20.8 Å². The van der Waals surface area contributed by atoms with E-state index in [9.17, 15) is 9.59 Å². The maximum Gasteiger partial charge on any atom is 0.270 e. The van der Waals surface area contributed by atoms with Crippen LogP contribution in [0.1, 0.15) is 23.6 Å². The molecule has 1 saturated heterocycles. The molecule has 0 saturated carbocycles. The predicted molar refractivity (Wildman–Crippen MR) is 121 cm³/mol. The summed E-state index contributed by atoms with van der Waals surface area (Å²) in [7, 11) is 1.50. The molecular formula is C22H21ClN2O4S. The Kier molecular flexibility index (Phi) is 6.43. The van der Waals surface area contributed by atoms with Gasteiger partial charge in [-0.15, -0.1) is 0 Å². The second-order valence-corrected chi connectivity index (χ2v) is 7.50. The van der Waals surface area contributed by atoms with Crippen molar-refractivity contribution in [2.24, 2.45) is 0 Å². The third kappa shape index (κ3) is 4.17. The van der Waals surface area contributed by atoms with Gasteiger partial charge in [-0.05, 0) is 62.3 Å². The number of aryl methyl sites for hydroxylation is 2. The molecule has 0 spiro atoms. The molecule has 0 unspecified atom stereocenters. The monoisotopic (exact) mass is 444 g/mol. The van der Waals surface area contributed by atoms with Gasteiger partial charge in [0.25, 0.3) is 11.8 Å². The van der Waals surface area contributed by atoms with Crippen LogP contribution in [0.25, 0.3) is 6.08 Å². The lowest BCUT2D eigenvalue weighted by Gasteiger charge is -2.30. The topological polar surface area (TPSA) is 67.9 Å². The summed E-state index contributed by atoms with van der Waals surface area (Å²) in [6, 6.07) is 8.84. The van der Waals surface area contributed by atoms with Crippen molar-refractivity contribution in [1.82, 2.24) is 5.32 Å². The van der Waals surface area contributed by atoms with Crippen LogP contribution in [-0.2, 0) is 9.59 Å². The van der Waals surface area contributed by atoms with Gasteiger partial charge >= 0.3 is 0 Å². The third-order valence-corrected chi connectivity index (χ3v) is 5.19. The number of methoxy groups -OCH3 is 1. The van der Waals surface area contributed by atoms with Crippen LogP contribution >= 0.6 is 23.8 Å². The molecule has 1 fully saturated rings. The van der Waals surface area contributed by atoms with Crippen molar-refractivity contribution in [1.29, 1.82) is 0 Å². The van der Waals surface area contributed by atoms with E-state index in [0.29, 0.717) is 34.4 Å². The number of ether oxygens (including phenoxy) is 2. The molecule has 1 aliphatic heterocycles. The number of hydrogen-bond acceptors (Lipinski definition) is 5. The zero-order chi connectivity index (χ0) is 22.0. The van der Waals surface area contributed by atoms with Crippen LogP contribution in [0, 0.1) is 13.8 Å². The van der Waals surface area contributed by atoms with Gasteiger partial charge in [0, 0.05) is 6.07 Å².